The number of fused-ring (bicyclic) bond motifs is 11. The number of para-hydroxylation sites is 1. The van der Waals surface area contributed by atoms with Gasteiger partial charge < -0.3 is 8.83 Å². The molecule has 0 spiro atoms. The predicted octanol–water partition coefficient (Wildman–Crippen LogP) is 13.9. The Morgan fingerprint density at radius 3 is 1.46 bits per heavy atom. The lowest BCUT2D eigenvalue weighted by Crippen LogP contribution is -1.90. The Morgan fingerprint density at radius 1 is 0.280 bits per heavy atom. The van der Waals surface area contributed by atoms with Crippen molar-refractivity contribution in [3.8, 4) is 33.4 Å². The number of hydrogen-bond acceptors (Lipinski definition) is 2. The summed E-state index contributed by atoms with van der Waals surface area (Å²) in [4.78, 5) is 0. The molecule has 2 nitrogen and oxygen atoms in total. The van der Waals surface area contributed by atoms with Gasteiger partial charge in [-0.1, -0.05) is 140 Å². The van der Waals surface area contributed by atoms with Crippen molar-refractivity contribution in [2.45, 2.75) is 0 Å². The van der Waals surface area contributed by atoms with Crippen LogP contribution in [0.4, 0.5) is 0 Å². The summed E-state index contributed by atoms with van der Waals surface area (Å²) in [6, 6.07) is 60.9. The molecule has 0 bridgehead atoms. The minimum absolute atomic E-state index is 0.874. The molecule has 0 saturated heterocycles. The maximum atomic E-state index is 6.64. The first-order chi connectivity index (χ1) is 24.8. The molecule has 0 N–H and O–H groups in total. The molecule has 0 aliphatic rings. The smallest absolute Gasteiger partial charge is 0.143 e. The fraction of sp³-hybridized carbons (Fsp3) is 0. The molecule has 0 amide bonds. The molecular formula is C48H28O2. The first-order valence-electron chi connectivity index (χ1n) is 17.1. The predicted molar refractivity (Wildman–Crippen MR) is 210 cm³/mol. The third kappa shape index (κ3) is 3.90. The van der Waals surface area contributed by atoms with Crippen LogP contribution < -0.4 is 0 Å². The maximum Gasteiger partial charge on any atom is 0.143 e. The Hall–Kier alpha value is -6.64. The summed E-state index contributed by atoms with van der Waals surface area (Å²) in [5, 5.41) is 11.7. The molecule has 0 saturated carbocycles. The van der Waals surface area contributed by atoms with E-state index in [9.17, 15) is 0 Å². The van der Waals surface area contributed by atoms with E-state index in [0.717, 1.165) is 60.2 Å². The SMILES string of the molecule is c1ccc(-c2c3ccccc3c(-c3ccc(-c4ccc5ccc6c(oc7ccc8oc9ccccc9c8c76)c5c4)cc3)c3ccccc23)cc1. The van der Waals surface area contributed by atoms with Crippen LogP contribution in [0.2, 0.25) is 0 Å². The highest BCUT2D eigenvalue weighted by molar-refractivity contribution is 6.28. The lowest BCUT2D eigenvalue weighted by atomic mass is 9.85. The van der Waals surface area contributed by atoms with Gasteiger partial charge in [-0.25, -0.2) is 0 Å². The summed E-state index contributed by atoms with van der Waals surface area (Å²) in [7, 11) is 0. The van der Waals surface area contributed by atoms with E-state index in [1.54, 1.807) is 0 Å². The summed E-state index contributed by atoms with van der Waals surface area (Å²) in [5.74, 6) is 0. The molecule has 0 aliphatic carbocycles. The molecule has 9 aromatic carbocycles. The summed E-state index contributed by atoms with van der Waals surface area (Å²) < 4.78 is 12.9. The third-order valence-corrected chi connectivity index (χ3v) is 10.5. The fourth-order valence-electron chi connectivity index (χ4n) is 8.22. The van der Waals surface area contributed by atoms with Crippen molar-refractivity contribution >= 4 is 76.2 Å². The van der Waals surface area contributed by atoms with Gasteiger partial charge in [0.05, 0.1) is 0 Å². The Labute approximate surface area is 287 Å². The zero-order valence-corrected chi connectivity index (χ0v) is 27.0. The lowest BCUT2D eigenvalue weighted by Gasteiger charge is -2.18. The Kier molecular flexibility index (Phi) is 5.70. The van der Waals surface area contributed by atoms with Crippen LogP contribution >= 0.6 is 0 Å². The van der Waals surface area contributed by atoms with Gasteiger partial charge in [0.2, 0.25) is 0 Å². The number of furan rings is 2. The average molecular weight is 637 g/mol. The highest BCUT2D eigenvalue weighted by atomic mass is 16.3. The highest BCUT2D eigenvalue weighted by Gasteiger charge is 2.19. The molecule has 0 unspecified atom stereocenters. The van der Waals surface area contributed by atoms with E-state index in [1.165, 1.54) is 49.4 Å². The van der Waals surface area contributed by atoms with Gasteiger partial charge in [-0.3, -0.25) is 0 Å². The van der Waals surface area contributed by atoms with Crippen LogP contribution in [0, 0.1) is 0 Å². The second kappa shape index (κ2) is 10.4. The summed E-state index contributed by atoms with van der Waals surface area (Å²) in [6.45, 7) is 0. The monoisotopic (exact) mass is 636 g/mol. The van der Waals surface area contributed by atoms with Gasteiger partial charge in [0.15, 0.2) is 0 Å². The fourth-order valence-corrected chi connectivity index (χ4v) is 8.22. The molecule has 11 rings (SSSR count). The Morgan fingerprint density at radius 2 is 0.780 bits per heavy atom. The minimum atomic E-state index is 0.874. The van der Waals surface area contributed by atoms with Crippen LogP contribution in [0.5, 0.6) is 0 Å². The van der Waals surface area contributed by atoms with Crippen LogP contribution in [0.1, 0.15) is 0 Å². The molecule has 0 aliphatic heterocycles. The maximum absolute atomic E-state index is 6.64. The van der Waals surface area contributed by atoms with Gasteiger partial charge in [0.25, 0.3) is 0 Å². The van der Waals surface area contributed by atoms with E-state index in [-0.39, 0.29) is 0 Å². The molecule has 0 atom stereocenters. The van der Waals surface area contributed by atoms with Crippen molar-refractivity contribution in [2.24, 2.45) is 0 Å². The highest BCUT2D eigenvalue weighted by Crippen LogP contribution is 2.45. The molecule has 2 heteroatoms. The van der Waals surface area contributed by atoms with E-state index in [0.29, 0.717) is 0 Å². The number of benzene rings is 9. The Bertz CT molecular complexity index is 3070. The van der Waals surface area contributed by atoms with Crippen LogP contribution in [0.3, 0.4) is 0 Å². The number of hydrogen-bond donors (Lipinski definition) is 0. The average Bonchev–Trinajstić information content (AvgIpc) is 3.76. The third-order valence-electron chi connectivity index (χ3n) is 10.5. The summed E-state index contributed by atoms with van der Waals surface area (Å²) in [5.41, 5.74) is 10.9. The first kappa shape index (κ1) is 27.3. The molecule has 50 heavy (non-hydrogen) atoms. The molecule has 11 aromatic rings. The topological polar surface area (TPSA) is 26.3 Å². The second-order valence-corrected chi connectivity index (χ2v) is 13.2. The van der Waals surface area contributed by atoms with Crippen molar-refractivity contribution in [3.05, 3.63) is 170 Å². The van der Waals surface area contributed by atoms with Gasteiger partial charge in [-0.2, -0.15) is 0 Å². The van der Waals surface area contributed by atoms with E-state index in [4.69, 9.17) is 8.83 Å². The molecule has 0 radical (unpaired) electrons. The van der Waals surface area contributed by atoms with E-state index < -0.39 is 0 Å². The van der Waals surface area contributed by atoms with Gasteiger partial charge in [0, 0.05) is 26.9 Å². The second-order valence-electron chi connectivity index (χ2n) is 13.2. The zero-order chi connectivity index (χ0) is 32.8. The van der Waals surface area contributed by atoms with Crippen LogP contribution in [-0.2, 0) is 0 Å². The quantitative estimate of drug-likeness (QED) is 0.180. The molecule has 0 fully saturated rings. The lowest BCUT2D eigenvalue weighted by molar-refractivity contribution is 0.664. The van der Waals surface area contributed by atoms with Crippen molar-refractivity contribution in [3.63, 3.8) is 0 Å². The van der Waals surface area contributed by atoms with Crippen LogP contribution in [0.15, 0.2) is 179 Å². The summed E-state index contributed by atoms with van der Waals surface area (Å²) in [6.07, 6.45) is 0. The molecular weight excluding hydrogens is 609 g/mol. The number of rotatable bonds is 3. The van der Waals surface area contributed by atoms with Crippen molar-refractivity contribution < 1.29 is 8.83 Å². The minimum Gasteiger partial charge on any atom is -0.456 e. The molecule has 2 heterocycles. The standard InChI is InChI=1S/C48H28O2/c1-2-10-31(11-3-1)44-34-12-4-6-14-36(34)45(37-15-7-5-13-35(37)44)32-21-18-29(19-22-32)33-23-20-30-24-25-39-47-43(50-48(39)40(30)28-33)27-26-42-46(47)38-16-8-9-17-41(38)49-42/h1-28H. The van der Waals surface area contributed by atoms with Gasteiger partial charge in [-0.05, 0) is 90.6 Å². The van der Waals surface area contributed by atoms with E-state index >= 15 is 0 Å². The van der Waals surface area contributed by atoms with Gasteiger partial charge >= 0.3 is 0 Å². The van der Waals surface area contributed by atoms with Crippen molar-refractivity contribution in [1.82, 2.24) is 0 Å². The van der Waals surface area contributed by atoms with Crippen LogP contribution in [-0.4, -0.2) is 0 Å². The largest absolute Gasteiger partial charge is 0.456 e. The first-order valence-corrected chi connectivity index (χ1v) is 17.1. The van der Waals surface area contributed by atoms with E-state index in [2.05, 4.69) is 146 Å². The van der Waals surface area contributed by atoms with Crippen molar-refractivity contribution in [1.29, 1.82) is 0 Å². The van der Waals surface area contributed by atoms with E-state index in [1.807, 2.05) is 24.3 Å². The van der Waals surface area contributed by atoms with Gasteiger partial charge in [-0.15, -0.1) is 0 Å². The molecule has 2 aromatic heterocycles. The van der Waals surface area contributed by atoms with Crippen molar-refractivity contribution in [2.75, 3.05) is 0 Å². The van der Waals surface area contributed by atoms with Gasteiger partial charge in [0.1, 0.15) is 22.3 Å². The van der Waals surface area contributed by atoms with Crippen LogP contribution in [0.25, 0.3) is 110 Å². The zero-order valence-electron chi connectivity index (χ0n) is 27.0. The summed E-state index contributed by atoms with van der Waals surface area (Å²) >= 11 is 0. The Balaban J connectivity index is 1.07. The molecule has 232 valence electrons. The normalized spacial score (nSPS) is 12.0.